The molecule has 0 unspecified atom stereocenters. The third-order valence-corrected chi connectivity index (χ3v) is 4.06. The highest BCUT2D eigenvalue weighted by Crippen LogP contribution is 2.29. The van der Waals surface area contributed by atoms with Crippen molar-refractivity contribution in [3.8, 4) is 0 Å². The van der Waals surface area contributed by atoms with Gasteiger partial charge in [-0.1, -0.05) is 24.2 Å². The quantitative estimate of drug-likeness (QED) is 0.708. The van der Waals surface area contributed by atoms with E-state index in [2.05, 4.69) is 20.4 Å². The van der Waals surface area contributed by atoms with Gasteiger partial charge < -0.3 is 14.6 Å². The zero-order valence-electron chi connectivity index (χ0n) is 14.7. The Hall–Kier alpha value is -2.96. The first-order chi connectivity index (χ1) is 12.0. The van der Waals surface area contributed by atoms with Gasteiger partial charge in [0.05, 0.1) is 12.3 Å². The van der Waals surface area contributed by atoms with Gasteiger partial charge in [0, 0.05) is 5.69 Å². The maximum atomic E-state index is 12.1. The summed E-state index contributed by atoms with van der Waals surface area (Å²) in [5.74, 6) is -0.163. The molecule has 3 aromatic rings. The van der Waals surface area contributed by atoms with E-state index in [0.717, 1.165) is 22.5 Å². The number of ether oxygens (including phenoxy) is 1. The van der Waals surface area contributed by atoms with Crippen LogP contribution in [0.3, 0.4) is 0 Å². The minimum absolute atomic E-state index is 0.0547. The summed E-state index contributed by atoms with van der Waals surface area (Å²) >= 11 is 0. The molecule has 0 spiro atoms. The second-order valence-corrected chi connectivity index (χ2v) is 5.65. The molecule has 1 aromatic carbocycles. The van der Waals surface area contributed by atoms with E-state index in [1.54, 1.807) is 6.92 Å². The Morgan fingerprint density at radius 2 is 2.04 bits per heavy atom. The Labute approximate surface area is 145 Å². The van der Waals surface area contributed by atoms with Crippen LogP contribution in [-0.2, 0) is 11.2 Å². The van der Waals surface area contributed by atoms with Gasteiger partial charge in [0.2, 0.25) is 5.82 Å². The van der Waals surface area contributed by atoms with E-state index in [1.807, 2.05) is 39.0 Å². The lowest BCUT2D eigenvalue weighted by Crippen LogP contribution is -2.11. The summed E-state index contributed by atoms with van der Waals surface area (Å²) in [6.07, 6.45) is 0.663. The number of carbonyl (C=O) groups excluding carboxylic acids is 1. The molecule has 2 aromatic heterocycles. The van der Waals surface area contributed by atoms with Crippen molar-refractivity contribution >= 4 is 28.6 Å². The Balaban J connectivity index is 2.14. The van der Waals surface area contributed by atoms with Gasteiger partial charge in [-0.15, -0.1) is 0 Å². The highest BCUT2D eigenvalue weighted by Gasteiger charge is 2.21. The van der Waals surface area contributed by atoms with Crippen LogP contribution in [0, 0.1) is 13.8 Å². The molecule has 0 aliphatic rings. The molecule has 130 valence electrons. The third kappa shape index (κ3) is 3.17. The summed E-state index contributed by atoms with van der Waals surface area (Å²) in [5, 5.41) is 8.01. The molecule has 25 heavy (non-hydrogen) atoms. The number of esters is 1. The summed E-state index contributed by atoms with van der Waals surface area (Å²) in [7, 11) is 0. The molecule has 0 atom stereocenters. The second kappa shape index (κ2) is 6.88. The maximum Gasteiger partial charge on any atom is 0.376 e. The van der Waals surface area contributed by atoms with E-state index in [0.29, 0.717) is 17.6 Å². The summed E-state index contributed by atoms with van der Waals surface area (Å²) in [6, 6.07) is 5.96. The average Bonchev–Trinajstić information content (AvgIpc) is 3.02. The van der Waals surface area contributed by atoms with E-state index in [9.17, 15) is 4.79 Å². The van der Waals surface area contributed by atoms with Crippen molar-refractivity contribution in [2.45, 2.75) is 34.1 Å². The van der Waals surface area contributed by atoms with Crippen molar-refractivity contribution in [2.75, 3.05) is 11.9 Å². The summed E-state index contributed by atoms with van der Waals surface area (Å²) in [6.45, 7) is 8.01. The number of aromatic nitrogens is 3. The van der Waals surface area contributed by atoms with E-state index in [4.69, 9.17) is 9.26 Å². The van der Waals surface area contributed by atoms with Gasteiger partial charge in [-0.25, -0.2) is 9.78 Å². The number of aryl methyl sites for hydroxylation is 2. The predicted molar refractivity (Wildman–Crippen MR) is 94.1 cm³/mol. The molecule has 0 bridgehead atoms. The number of hydrogen-bond donors (Lipinski definition) is 1. The van der Waals surface area contributed by atoms with Crippen molar-refractivity contribution in [2.24, 2.45) is 0 Å². The summed E-state index contributed by atoms with van der Waals surface area (Å²) in [4.78, 5) is 20.6. The van der Waals surface area contributed by atoms with Gasteiger partial charge in [-0.05, 0) is 44.4 Å². The lowest BCUT2D eigenvalue weighted by Gasteiger charge is -2.12. The van der Waals surface area contributed by atoms with Crippen molar-refractivity contribution in [1.82, 2.24) is 15.1 Å². The average molecular weight is 340 g/mol. The molecule has 0 aliphatic heterocycles. The molecule has 7 nitrogen and oxygen atoms in total. The Morgan fingerprint density at radius 1 is 1.24 bits per heavy atom. The Bertz CT molecular complexity index is 933. The minimum atomic E-state index is -0.595. The fourth-order valence-electron chi connectivity index (χ4n) is 2.54. The van der Waals surface area contributed by atoms with E-state index >= 15 is 0 Å². The lowest BCUT2D eigenvalue weighted by atomic mass is 10.1. The normalized spacial score (nSPS) is 10.9. The van der Waals surface area contributed by atoms with Crippen LogP contribution < -0.4 is 5.32 Å². The standard InChI is InChI=1S/C18H20N4O3/c1-5-12-14-15(19-13-9-7-8-10(3)11(13)4)20-16(18(23)24-6-2)21-17(14)25-22-12/h7-9H,5-6H2,1-4H3,(H,19,20,21). The molecular weight excluding hydrogens is 320 g/mol. The molecule has 0 saturated heterocycles. The fraction of sp³-hybridized carbons (Fsp3) is 0.333. The topological polar surface area (TPSA) is 90.1 Å². The van der Waals surface area contributed by atoms with Crippen LogP contribution in [0.5, 0.6) is 0 Å². The summed E-state index contributed by atoms with van der Waals surface area (Å²) in [5.41, 5.74) is 4.15. The highest BCUT2D eigenvalue weighted by atomic mass is 16.5. The predicted octanol–water partition coefficient (Wildman–Crippen LogP) is 3.72. The van der Waals surface area contributed by atoms with Gasteiger partial charge in [-0.3, -0.25) is 0 Å². The number of hydrogen-bond acceptors (Lipinski definition) is 7. The Kier molecular flexibility index (Phi) is 4.65. The number of nitrogens with one attached hydrogen (secondary N) is 1. The largest absolute Gasteiger partial charge is 0.460 e. The van der Waals surface area contributed by atoms with Crippen LogP contribution in [0.1, 0.15) is 41.3 Å². The summed E-state index contributed by atoms with van der Waals surface area (Å²) < 4.78 is 10.3. The van der Waals surface area contributed by atoms with Gasteiger partial charge in [0.25, 0.3) is 5.71 Å². The van der Waals surface area contributed by atoms with Crippen molar-refractivity contribution in [1.29, 1.82) is 0 Å². The van der Waals surface area contributed by atoms with Crippen LogP contribution in [0.4, 0.5) is 11.5 Å². The van der Waals surface area contributed by atoms with Gasteiger partial charge >= 0.3 is 5.97 Å². The van der Waals surface area contributed by atoms with Gasteiger partial charge in [0.15, 0.2) is 0 Å². The monoisotopic (exact) mass is 340 g/mol. The number of carbonyl (C=O) groups is 1. The number of benzene rings is 1. The second-order valence-electron chi connectivity index (χ2n) is 5.65. The van der Waals surface area contributed by atoms with Crippen LogP contribution >= 0.6 is 0 Å². The molecule has 7 heteroatoms. The van der Waals surface area contributed by atoms with Crippen LogP contribution in [0.15, 0.2) is 22.7 Å². The van der Waals surface area contributed by atoms with Gasteiger partial charge in [-0.2, -0.15) is 4.98 Å². The lowest BCUT2D eigenvalue weighted by molar-refractivity contribution is 0.0512. The van der Waals surface area contributed by atoms with E-state index < -0.39 is 5.97 Å². The molecule has 0 saturated carbocycles. The molecule has 1 N–H and O–H groups in total. The van der Waals surface area contributed by atoms with E-state index in [-0.39, 0.29) is 18.1 Å². The number of nitrogens with zero attached hydrogens (tertiary/aromatic N) is 3. The number of fused-ring (bicyclic) bond motifs is 1. The number of rotatable bonds is 5. The van der Waals surface area contributed by atoms with Crippen molar-refractivity contribution in [3.63, 3.8) is 0 Å². The van der Waals surface area contributed by atoms with E-state index in [1.165, 1.54) is 0 Å². The maximum absolute atomic E-state index is 12.1. The zero-order chi connectivity index (χ0) is 18.0. The smallest absolute Gasteiger partial charge is 0.376 e. The molecular formula is C18H20N4O3. The molecule has 0 amide bonds. The van der Waals surface area contributed by atoms with Crippen LogP contribution in [0.25, 0.3) is 11.1 Å². The first-order valence-electron chi connectivity index (χ1n) is 8.21. The van der Waals surface area contributed by atoms with Crippen molar-refractivity contribution < 1.29 is 14.1 Å². The molecule has 0 radical (unpaired) electrons. The minimum Gasteiger partial charge on any atom is -0.460 e. The molecule has 0 aliphatic carbocycles. The van der Waals surface area contributed by atoms with Crippen LogP contribution in [-0.4, -0.2) is 27.7 Å². The first-order valence-corrected chi connectivity index (χ1v) is 8.21. The van der Waals surface area contributed by atoms with Gasteiger partial charge in [0.1, 0.15) is 11.2 Å². The van der Waals surface area contributed by atoms with Crippen LogP contribution in [0.2, 0.25) is 0 Å². The fourth-order valence-corrected chi connectivity index (χ4v) is 2.54. The SMILES string of the molecule is CCOC(=O)c1nc(Nc2cccc(C)c2C)c2c(CC)noc2n1. The Morgan fingerprint density at radius 3 is 2.76 bits per heavy atom. The zero-order valence-corrected chi connectivity index (χ0v) is 14.7. The highest BCUT2D eigenvalue weighted by molar-refractivity contribution is 5.94. The first kappa shape index (κ1) is 16.9. The van der Waals surface area contributed by atoms with Crippen molar-refractivity contribution in [3.05, 3.63) is 40.8 Å². The number of anilines is 2. The third-order valence-electron chi connectivity index (χ3n) is 4.06. The molecule has 3 rings (SSSR count). The molecule has 2 heterocycles. The molecule has 0 fully saturated rings.